The molecule has 0 bridgehead atoms. The third-order valence-electron chi connectivity index (χ3n) is 3.21. The Morgan fingerprint density at radius 2 is 1.81 bits per heavy atom. The van der Waals surface area contributed by atoms with E-state index in [2.05, 4.69) is 56.4 Å². The summed E-state index contributed by atoms with van der Waals surface area (Å²) >= 11 is 0. The first-order chi connectivity index (χ1) is 7.77. The second-order valence-corrected chi connectivity index (χ2v) is 4.61. The molecule has 0 saturated carbocycles. The van der Waals surface area contributed by atoms with Crippen LogP contribution in [0.1, 0.15) is 51.5 Å². The van der Waals surface area contributed by atoms with Crippen LogP contribution in [-0.4, -0.2) is 12.6 Å². The summed E-state index contributed by atoms with van der Waals surface area (Å²) < 4.78 is 0. The van der Waals surface area contributed by atoms with Crippen LogP contribution in [0.15, 0.2) is 30.3 Å². The van der Waals surface area contributed by atoms with Crippen LogP contribution in [0, 0.1) is 0 Å². The van der Waals surface area contributed by atoms with Gasteiger partial charge >= 0.3 is 0 Å². The maximum atomic E-state index is 3.67. The number of rotatable bonds is 7. The lowest BCUT2D eigenvalue weighted by Gasteiger charge is -2.19. The van der Waals surface area contributed by atoms with Gasteiger partial charge in [0.05, 0.1) is 0 Å². The summed E-state index contributed by atoms with van der Waals surface area (Å²) in [7, 11) is 0. The Hall–Kier alpha value is -0.820. The minimum atomic E-state index is 0.604. The van der Waals surface area contributed by atoms with Crippen LogP contribution >= 0.6 is 0 Å². The van der Waals surface area contributed by atoms with Gasteiger partial charge in [0.25, 0.3) is 0 Å². The first kappa shape index (κ1) is 13.2. The van der Waals surface area contributed by atoms with Crippen molar-refractivity contribution in [2.24, 2.45) is 0 Å². The van der Waals surface area contributed by atoms with E-state index < -0.39 is 0 Å². The van der Waals surface area contributed by atoms with Crippen molar-refractivity contribution in [1.82, 2.24) is 5.32 Å². The van der Waals surface area contributed by atoms with Gasteiger partial charge < -0.3 is 5.32 Å². The Kier molecular flexibility index (Phi) is 6.17. The van der Waals surface area contributed by atoms with Gasteiger partial charge in [0.15, 0.2) is 0 Å². The number of nitrogens with one attached hydrogen (secondary N) is 1. The van der Waals surface area contributed by atoms with Gasteiger partial charge in [-0.2, -0.15) is 0 Å². The molecule has 0 heterocycles. The van der Waals surface area contributed by atoms with E-state index in [0.717, 1.165) is 6.54 Å². The molecule has 0 aliphatic rings. The third-order valence-corrected chi connectivity index (χ3v) is 3.21. The maximum Gasteiger partial charge on any atom is 0.00645 e. The van der Waals surface area contributed by atoms with E-state index in [0.29, 0.717) is 12.0 Å². The highest BCUT2D eigenvalue weighted by atomic mass is 14.9. The van der Waals surface area contributed by atoms with Gasteiger partial charge in [0, 0.05) is 12.6 Å². The summed E-state index contributed by atoms with van der Waals surface area (Å²) in [6.45, 7) is 7.90. The number of hydrogen-bond acceptors (Lipinski definition) is 1. The summed E-state index contributed by atoms with van der Waals surface area (Å²) in [5, 5.41) is 3.67. The molecule has 2 atom stereocenters. The Morgan fingerprint density at radius 1 is 1.12 bits per heavy atom. The van der Waals surface area contributed by atoms with Crippen molar-refractivity contribution >= 4 is 0 Å². The molecule has 2 unspecified atom stereocenters. The molecule has 1 aromatic rings. The van der Waals surface area contributed by atoms with Crippen molar-refractivity contribution in [2.45, 2.75) is 52.0 Å². The SMILES string of the molecule is CCCC(CC)NCC(C)c1ccccc1. The van der Waals surface area contributed by atoms with Crippen molar-refractivity contribution < 1.29 is 0 Å². The average Bonchev–Trinajstić information content (AvgIpc) is 2.35. The smallest absolute Gasteiger partial charge is 0.00645 e. The standard InChI is InChI=1S/C15H25N/c1-4-9-15(5-2)16-12-13(3)14-10-7-6-8-11-14/h6-8,10-11,13,15-16H,4-5,9,12H2,1-3H3. The summed E-state index contributed by atoms with van der Waals surface area (Å²) in [4.78, 5) is 0. The van der Waals surface area contributed by atoms with Crippen LogP contribution < -0.4 is 5.32 Å². The number of hydrogen-bond donors (Lipinski definition) is 1. The summed E-state index contributed by atoms with van der Waals surface area (Å²) in [6, 6.07) is 11.4. The monoisotopic (exact) mass is 219 g/mol. The minimum absolute atomic E-state index is 0.604. The van der Waals surface area contributed by atoms with Gasteiger partial charge in [0.1, 0.15) is 0 Å². The van der Waals surface area contributed by atoms with Crippen molar-refractivity contribution in [2.75, 3.05) is 6.54 Å². The Bertz CT molecular complexity index is 268. The molecule has 1 heteroatoms. The van der Waals surface area contributed by atoms with Crippen LogP contribution in [0.3, 0.4) is 0 Å². The average molecular weight is 219 g/mol. The van der Waals surface area contributed by atoms with E-state index >= 15 is 0 Å². The summed E-state index contributed by atoms with van der Waals surface area (Å²) in [5.41, 5.74) is 1.43. The minimum Gasteiger partial charge on any atom is -0.313 e. The lowest BCUT2D eigenvalue weighted by molar-refractivity contribution is 0.449. The molecule has 16 heavy (non-hydrogen) atoms. The van der Waals surface area contributed by atoms with Crippen LogP contribution in [0.25, 0.3) is 0 Å². The Morgan fingerprint density at radius 3 is 2.38 bits per heavy atom. The van der Waals surface area contributed by atoms with Gasteiger partial charge in [0.2, 0.25) is 0 Å². The molecule has 1 rings (SSSR count). The molecular formula is C15H25N. The molecule has 0 amide bonds. The van der Waals surface area contributed by atoms with E-state index in [4.69, 9.17) is 0 Å². The van der Waals surface area contributed by atoms with Crippen LogP contribution in [0.4, 0.5) is 0 Å². The Balaban J connectivity index is 2.37. The molecule has 0 radical (unpaired) electrons. The molecule has 1 N–H and O–H groups in total. The van der Waals surface area contributed by atoms with Crippen LogP contribution in [0.2, 0.25) is 0 Å². The lowest BCUT2D eigenvalue weighted by atomic mass is 10.0. The molecule has 0 fully saturated rings. The number of benzene rings is 1. The zero-order valence-electron chi connectivity index (χ0n) is 10.9. The molecule has 0 aliphatic heterocycles. The molecule has 0 spiro atoms. The lowest BCUT2D eigenvalue weighted by Crippen LogP contribution is -2.31. The first-order valence-electron chi connectivity index (χ1n) is 6.56. The second-order valence-electron chi connectivity index (χ2n) is 4.61. The molecule has 0 aromatic heterocycles. The third kappa shape index (κ3) is 4.36. The fourth-order valence-corrected chi connectivity index (χ4v) is 2.04. The van der Waals surface area contributed by atoms with Crippen molar-refractivity contribution in [1.29, 1.82) is 0 Å². The zero-order chi connectivity index (χ0) is 11.8. The molecular weight excluding hydrogens is 194 g/mol. The van der Waals surface area contributed by atoms with Crippen molar-refractivity contribution in [3.8, 4) is 0 Å². The zero-order valence-corrected chi connectivity index (χ0v) is 10.9. The summed E-state index contributed by atoms with van der Waals surface area (Å²) in [5.74, 6) is 0.604. The van der Waals surface area contributed by atoms with E-state index in [1.54, 1.807) is 0 Å². The highest BCUT2D eigenvalue weighted by Crippen LogP contribution is 2.14. The highest BCUT2D eigenvalue weighted by Gasteiger charge is 2.08. The van der Waals surface area contributed by atoms with Crippen LogP contribution in [-0.2, 0) is 0 Å². The molecule has 90 valence electrons. The molecule has 0 aliphatic carbocycles. The topological polar surface area (TPSA) is 12.0 Å². The predicted octanol–water partition coefficient (Wildman–Crippen LogP) is 3.96. The highest BCUT2D eigenvalue weighted by molar-refractivity contribution is 5.18. The molecule has 1 nitrogen and oxygen atoms in total. The first-order valence-corrected chi connectivity index (χ1v) is 6.56. The fraction of sp³-hybridized carbons (Fsp3) is 0.600. The van der Waals surface area contributed by atoms with Gasteiger partial charge in [-0.3, -0.25) is 0 Å². The van der Waals surface area contributed by atoms with Crippen molar-refractivity contribution in [3.05, 3.63) is 35.9 Å². The largest absolute Gasteiger partial charge is 0.313 e. The van der Waals surface area contributed by atoms with Gasteiger partial charge in [-0.05, 0) is 24.3 Å². The van der Waals surface area contributed by atoms with E-state index in [9.17, 15) is 0 Å². The second kappa shape index (κ2) is 7.45. The maximum absolute atomic E-state index is 3.67. The fourth-order valence-electron chi connectivity index (χ4n) is 2.04. The van der Waals surface area contributed by atoms with Gasteiger partial charge in [-0.15, -0.1) is 0 Å². The van der Waals surface area contributed by atoms with Crippen molar-refractivity contribution in [3.63, 3.8) is 0 Å². The van der Waals surface area contributed by atoms with E-state index in [-0.39, 0.29) is 0 Å². The van der Waals surface area contributed by atoms with Crippen LogP contribution in [0.5, 0.6) is 0 Å². The Labute approximate surface area is 100 Å². The predicted molar refractivity (Wildman–Crippen MR) is 71.8 cm³/mol. The van der Waals surface area contributed by atoms with Gasteiger partial charge in [-0.1, -0.05) is 57.5 Å². The quantitative estimate of drug-likeness (QED) is 0.732. The molecule has 1 aromatic carbocycles. The van der Waals surface area contributed by atoms with E-state index in [1.807, 2.05) is 0 Å². The molecule has 0 saturated heterocycles. The summed E-state index contributed by atoms with van der Waals surface area (Å²) in [6.07, 6.45) is 3.79. The van der Waals surface area contributed by atoms with E-state index in [1.165, 1.54) is 24.8 Å². The normalized spacial score (nSPS) is 14.7. The van der Waals surface area contributed by atoms with Gasteiger partial charge in [-0.25, -0.2) is 0 Å².